The van der Waals surface area contributed by atoms with Crippen LogP contribution in [0.15, 0.2) is 24.5 Å². The van der Waals surface area contributed by atoms with Gasteiger partial charge >= 0.3 is 6.03 Å². The number of halogens is 3. The van der Waals surface area contributed by atoms with Crippen molar-refractivity contribution in [1.29, 1.82) is 0 Å². The third kappa shape index (κ3) is 2.39. The standard InChI is InChI=1S/C16H13ClF2N4O/c17-14-6-11(18)12(7-21-14)22-16(24)23-8-1-2-13(23)9-3-4-20-15(19)10(9)5-8/h3-4,6-8,13H,1-2,5H2,(H,22,24)/t8-,13+/m0/s1. The molecule has 0 aromatic carbocycles. The third-order valence-corrected chi connectivity index (χ3v) is 4.84. The van der Waals surface area contributed by atoms with Gasteiger partial charge in [-0.05, 0) is 30.9 Å². The minimum Gasteiger partial charge on any atom is -0.314 e. The average molecular weight is 351 g/mol. The number of aromatic nitrogens is 2. The van der Waals surface area contributed by atoms with Crippen molar-refractivity contribution in [2.75, 3.05) is 5.32 Å². The maximum Gasteiger partial charge on any atom is 0.322 e. The molecule has 0 unspecified atom stereocenters. The van der Waals surface area contributed by atoms with Gasteiger partial charge in [-0.25, -0.2) is 19.2 Å². The third-order valence-electron chi connectivity index (χ3n) is 4.64. The molecule has 2 aliphatic rings. The number of anilines is 1. The van der Waals surface area contributed by atoms with Crippen LogP contribution in [0, 0.1) is 11.8 Å². The van der Waals surface area contributed by atoms with Crippen LogP contribution >= 0.6 is 11.6 Å². The summed E-state index contributed by atoms with van der Waals surface area (Å²) in [4.78, 5) is 21.8. The number of carbonyl (C=O) groups is 1. The normalized spacial score (nSPS) is 21.5. The number of amides is 2. The maximum atomic E-state index is 13.9. The molecule has 2 amide bonds. The monoisotopic (exact) mass is 350 g/mol. The zero-order valence-electron chi connectivity index (χ0n) is 12.5. The van der Waals surface area contributed by atoms with Crippen LogP contribution in [0.5, 0.6) is 0 Å². The van der Waals surface area contributed by atoms with Crippen LogP contribution in [0.3, 0.4) is 0 Å². The molecule has 0 radical (unpaired) electrons. The van der Waals surface area contributed by atoms with E-state index in [0.717, 1.165) is 24.5 Å². The van der Waals surface area contributed by atoms with Crippen LogP contribution < -0.4 is 5.32 Å². The summed E-state index contributed by atoms with van der Waals surface area (Å²) in [6.07, 6.45) is 4.52. The van der Waals surface area contributed by atoms with Crippen molar-refractivity contribution in [3.05, 3.63) is 52.6 Å². The first-order valence-corrected chi connectivity index (χ1v) is 7.96. The highest BCUT2D eigenvalue weighted by atomic mass is 35.5. The lowest BCUT2D eigenvalue weighted by molar-refractivity contribution is 0.178. The molecule has 2 aliphatic heterocycles. The largest absolute Gasteiger partial charge is 0.322 e. The highest BCUT2D eigenvalue weighted by Gasteiger charge is 2.43. The molecular weight excluding hydrogens is 338 g/mol. The zero-order valence-corrected chi connectivity index (χ0v) is 13.2. The Labute approximate surface area is 141 Å². The fourth-order valence-corrected chi connectivity index (χ4v) is 3.75. The molecule has 1 N–H and O–H groups in total. The summed E-state index contributed by atoms with van der Waals surface area (Å²) in [6.45, 7) is 0. The van der Waals surface area contributed by atoms with Gasteiger partial charge in [0.25, 0.3) is 0 Å². The summed E-state index contributed by atoms with van der Waals surface area (Å²) in [5.41, 5.74) is 1.32. The van der Waals surface area contributed by atoms with Gasteiger partial charge in [-0.1, -0.05) is 11.6 Å². The lowest BCUT2D eigenvalue weighted by atomic mass is 9.95. The molecule has 4 rings (SSSR count). The van der Waals surface area contributed by atoms with Crippen LogP contribution in [0.1, 0.15) is 30.0 Å². The van der Waals surface area contributed by atoms with Crippen molar-refractivity contribution in [2.24, 2.45) is 0 Å². The molecule has 2 aromatic rings. The van der Waals surface area contributed by atoms with E-state index in [9.17, 15) is 13.6 Å². The number of hydrogen-bond acceptors (Lipinski definition) is 3. The van der Waals surface area contributed by atoms with Crippen molar-refractivity contribution in [3.63, 3.8) is 0 Å². The Hall–Kier alpha value is -2.28. The Balaban J connectivity index is 1.62. The first-order valence-electron chi connectivity index (χ1n) is 7.58. The fourth-order valence-electron chi connectivity index (χ4n) is 3.61. The molecular formula is C16H13ClF2N4O. The summed E-state index contributed by atoms with van der Waals surface area (Å²) < 4.78 is 27.8. The van der Waals surface area contributed by atoms with Gasteiger partial charge in [-0.3, -0.25) is 0 Å². The molecule has 124 valence electrons. The SMILES string of the molecule is O=C(Nc1cnc(Cl)cc1F)N1[C@H]2CC[C@@H]1c1ccnc(F)c1C2. The number of nitrogens with zero attached hydrogens (tertiary/aromatic N) is 3. The van der Waals surface area contributed by atoms with Gasteiger partial charge < -0.3 is 10.2 Å². The zero-order chi connectivity index (χ0) is 16.8. The Morgan fingerprint density at radius 3 is 2.96 bits per heavy atom. The molecule has 0 saturated carbocycles. The number of urea groups is 1. The Kier molecular flexibility index (Phi) is 3.60. The van der Waals surface area contributed by atoms with Gasteiger partial charge in [0, 0.05) is 23.9 Å². The smallest absolute Gasteiger partial charge is 0.314 e. The second kappa shape index (κ2) is 5.66. The van der Waals surface area contributed by atoms with Crippen LogP contribution in [0.2, 0.25) is 5.15 Å². The first kappa shape index (κ1) is 15.3. The van der Waals surface area contributed by atoms with E-state index >= 15 is 0 Å². The van der Waals surface area contributed by atoms with Crippen LogP contribution in [-0.2, 0) is 6.42 Å². The molecule has 4 heterocycles. The van der Waals surface area contributed by atoms with E-state index < -0.39 is 17.8 Å². The average Bonchev–Trinajstić information content (AvgIpc) is 2.86. The molecule has 2 aromatic heterocycles. The van der Waals surface area contributed by atoms with Crippen LogP contribution in [-0.4, -0.2) is 26.9 Å². The van der Waals surface area contributed by atoms with Crippen molar-refractivity contribution in [2.45, 2.75) is 31.3 Å². The van der Waals surface area contributed by atoms with E-state index in [-0.39, 0.29) is 22.9 Å². The summed E-state index contributed by atoms with van der Waals surface area (Å²) in [6, 6.07) is 2.02. The van der Waals surface area contributed by atoms with E-state index in [1.54, 1.807) is 11.0 Å². The molecule has 1 saturated heterocycles. The fraction of sp³-hybridized carbons (Fsp3) is 0.312. The van der Waals surface area contributed by atoms with Gasteiger partial charge in [0.2, 0.25) is 5.95 Å². The molecule has 24 heavy (non-hydrogen) atoms. The molecule has 8 heteroatoms. The van der Waals surface area contributed by atoms with Gasteiger partial charge in [0.05, 0.1) is 17.9 Å². The molecule has 0 aliphatic carbocycles. The van der Waals surface area contributed by atoms with Gasteiger partial charge in [0.15, 0.2) is 5.82 Å². The van der Waals surface area contributed by atoms with Crippen molar-refractivity contribution < 1.29 is 13.6 Å². The summed E-state index contributed by atoms with van der Waals surface area (Å²) in [7, 11) is 0. The van der Waals surface area contributed by atoms with Gasteiger partial charge in [-0.2, -0.15) is 4.39 Å². The highest BCUT2D eigenvalue weighted by Crippen LogP contribution is 2.44. The number of carbonyl (C=O) groups excluding carboxylic acids is 1. The molecule has 1 fully saturated rings. The molecule has 5 nitrogen and oxygen atoms in total. The quantitative estimate of drug-likeness (QED) is 0.798. The topological polar surface area (TPSA) is 58.1 Å². The number of nitrogens with one attached hydrogen (secondary N) is 1. The second-order valence-electron chi connectivity index (χ2n) is 5.94. The highest BCUT2D eigenvalue weighted by molar-refractivity contribution is 6.29. The van der Waals surface area contributed by atoms with Crippen LogP contribution in [0.25, 0.3) is 0 Å². The van der Waals surface area contributed by atoms with Crippen molar-refractivity contribution in [3.8, 4) is 0 Å². The minimum atomic E-state index is -0.650. The van der Waals surface area contributed by atoms with E-state index in [4.69, 9.17) is 11.6 Å². The minimum absolute atomic E-state index is 0.0143. The lowest BCUT2D eigenvalue weighted by Gasteiger charge is -2.36. The van der Waals surface area contributed by atoms with Crippen molar-refractivity contribution in [1.82, 2.24) is 14.9 Å². The van der Waals surface area contributed by atoms with Crippen LogP contribution in [0.4, 0.5) is 19.3 Å². The summed E-state index contributed by atoms with van der Waals surface area (Å²) in [5.74, 6) is -1.12. The predicted molar refractivity (Wildman–Crippen MR) is 83.7 cm³/mol. The summed E-state index contributed by atoms with van der Waals surface area (Å²) >= 11 is 5.61. The van der Waals surface area contributed by atoms with Gasteiger partial charge in [-0.15, -0.1) is 0 Å². The Morgan fingerprint density at radius 1 is 1.33 bits per heavy atom. The number of hydrogen-bond donors (Lipinski definition) is 1. The Bertz CT molecular complexity index is 832. The predicted octanol–water partition coefficient (Wildman–Crippen LogP) is 3.70. The van der Waals surface area contributed by atoms with E-state index in [0.29, 0.717) is 12.0 Å². The van der Waals surface area contributed by atoms with Crippen molar-refractivity contribution >= 4 is 23.3 Å². The second-order valence-corrected chi connectivity index (χ2v) is 6.33. The molecule has 2 atom stereocenters. The summed E-state index contributed by atoms with van der Waals surface area (Å²) in [5, 5.41) is 2.55. The molecule has 2 bridgehead atoms. The molecule has 0 spiro atoms. The van der Waals surface area contributed by atoms with Gasteiger partial charge in [0.1, 0.15) is 5.15 Å². The van der Waals surface area contributed by atoms with E-state index in [1.165, 1.54) is 12.4 Å². The number of pyridine rings is 2. The lowest BCUT2D eigenvalue weighted by Crippen LogP contribution is -2.44. The number of fused-ring (bicyclic) bond motifs is 4. The van der Waals surface area contributed by atoms with E-state index in [2.05, 4.69) is 15.3 Å². The maximum absolute atomic E-state index is 13.9. The Morgan fingerprint density at radius 2 is 2.17 bits per heavy atom. The van der Waals surface area contributed by atoms with E-state index in [1.807, 2.05) is 0 Å². The first-order chi connectivity index (χ1) is 11.5. The number of rotatable bonds is 1.